The summed E-state index contributed by atoms with van der Waals surface area (Å²) < 4.78 is 1.01. The lowest BCUT2D eigenvalue weighted by Gasteiger charge is -2.18. The lowest BCUT2D eigenvalue weighted by atomic mass is 9.94. The molecule has 0 aliphatic carbocycles. The number of hydrogen-bond donors (Lipinski definition) is 1. The van der Waals surface area contributed by atoms with Gasteiger partial charge in [-0.2, -0.15) is 0 Å². The highest BCUT2D eigenvalue weighted by atomic mass is 79.9. The van der Waals surface area contributed by atoms with Gasteiger partial charge in [0.1, 0.15) is 0 Å². The Balaban J connectivity index is 2.31. The Kier molecular flexibility index (Phi) is 3.14. The number of benzene rings is 1. The summed E-state index contributed by atoms with van der Waals surface area (Å²) >= 11 is 9.54. The van der Waals surface area contributed by atoms with E-state index in [1.165, 1.54) is 0 Å². The minimum Gasteiger partial charge on any atom is -0.381 e. The zero-order valence-electron chi connectivity index (χ0n) is 7.43. The second-order valence-electron chi connectivity index (χ2n) is 3.16. The zero-order valence-corrected chi connectivity index (χ0v) is 9.77. The van der Waals surface area contributed by atoms with E-state index in [0.717, 1.165) is 21.5 Å². The molecule has 2 radical (unpaired) electrons. The van der Waals surface area contributed by atoms with Crippen molar-refractivity contribution in [1.29, 1.82) is 0 Å². The Labute approximate surface area is 97.3 Å². The molecule has 1 aliphatic heterocycles. The van der Waals surface area contributed by atoms with E-state index in [2.05, 4.69) is 39.9 Å². The molecule has 1 N–H and O–H groups in total. The monoisotopic (exact) mass is 269 g/mol. The second-order valence-corrected chi connectivity index (χ2v) is 4.48. The van der Waals surface area contributed by atoms with Gasteiger partial charge in [0, 0.05) is 15.4 Å². The van der Waals surface area contributed by atoms with E-state index in [1.54, 1.807) is 0 Å². The van der Waals surface area contributed by atoms with Gasteiger partial charge in [-0.1, -0.05) is 39.7 Å². The minimum absolute atomic E-state index is 0.344. The van der Waals surface area contributed by atoms with Crippen LogP contribution in [0.5, 0.6) is 0 Å². The highest BCUT2D eigenvalue weighted by molar-refractivity contribution is 9.10. The molecule has 1 nitrogen and oxygen atoms in total. The molecule has 0 fully saturated rings. The lowest BCUT2D eigenvalue weighted by molar-refractivity contribution is 0.735. The molecule has 14 heavy (non-hydrogen) atoms. The average Bonchev–Trinajstić information content (AvgIpc) is 2.19. The van der Waals surface area contributed by atoms with Gasteiger partial charge in [-0.25, -0.2) is 0 Å². The van der Waals surface area contributed by atoms with Crippen LogP contribution in [0.1, 0.15) is 17.9 Å². The molecule has 3 heteroatoms. The van der Waals surface area contributed by atoms with Crippen LogP contribution in [0.25, 0.3) is 0 Å². The van der Waals surface area contributed by atoms with Gasteiger partial charge in [0.05, 0.1) is 6.54 Å². The van der Waals surface area contributed by atoms with Gasteiger partial charge in [0.25, 0.3) is 0 Å². The summed E-state index contributed by atoms with van der Waals surface area (Å²) in [6, 6.07) is 5.98. The Bertz CT molecular complexity index is 362. The van der Waals surface area contributed by atoms with E-state index in [0.29, 0.717) is 5.92 Å². The Morgan fingerprint density at radius 1 is 1.50 bits per heavy atom. The van der Waals surface area contributed by atoms with Crippen molar-refractivity contribution in [2.75, 3.05) is 0 Å². The van der Waals surface area contributed by atoms with Gasteiger partial charge in [0.15, 0.2) is 0 Å². The molecule has 2 rings (SSSR count). The number of halogens is 2. The summed E-state index contributed by atoms with van der Waals surface area (Å²) in [7, 11) is 0. The Morgan fingerprint density at radius 3 is 3.00 bits per heavy atom. The smallest absolute Gasteiger partial charge is 0.0885 e. The maximum absolute atomic E-state index is 6.15. The average molecular weight is 271 g/mol. The first-order chi connectivity index (χ1) is 6.77. The fourth-order valence-corrected chi connectivity index (χ4v) is 2.29. The normalized spacial score (nSPS) is 20.6. The molecular weight excluding hydrogens is 261 g/mol. The molecule has 72 valence electrons. The van der Waals surface area contributed by atoms with Crippen molar-refractivity contribution in [3.63, 3.8) is 0 Å². The van der Waals surface area contributed by atoms with E-state index in [1.807, 2.05) is 18.3 Å². The third kappa shape index (κ3) is 2.12. The molecular formula is C11H9BrClN. The van der Waals surface area contributed by atoms with Crippen molar-refractivity contribution >= 4 is 27.5 Å². The molecule has 1 aromatic carbocycles. The molecule has 1 aliphatic rings. The molecule has 0 saturated carbocycles. The topological polar surface area (TPSA) is 12.0 Å². The molecule has 0 aromatic heterocycles. The van der Waals surface area contributed by atoms with Crippen LogP contribution in [0.3, 0.4) is 0 Å². The fourth-order valence-electron chi connectivity index (χ4n) is 1.48. The quantitative estimate of drug-likeness (QED) is 0.820. The number of hydrogen-bond acceptors (Lipinski definition) is 1. The van der Waals surface area contributed by atoms with Crippen LogP contribution in [0, 0.1) is 6.54 Å². The number of nitrogens with one attached hydrogen (secondary N) is 1. The molecule has 1 unspecified atom stereocenters. The maximum atomic E-state index is 6.15. The summed E-state index contributed by atoms with van der Waals surface area (Å²) in [5.74, 6) is 0.344. The molecule has 0 spiro atoms. The van der Waals surface area contributed by atoms with Crippen molar-refractivity contribution in [2.45, 2.75) is 12.3 Å². The van der Waals surface area contributed by atoms with E-state index >= 15 is 0 Å². The molecule has 1 heterocycles. The van der Waals surface area contributed by atoms with Crippen LogP contribution in [-0.2, 0) is 0 Å². The molecule has 1 aromatic rings. The van der Waals surface area contributed by atoms with Gasteiger partial charge >= 0.3 is 0 Å². The number of allylic oxidation sites excluding steroid dienone is 1. The second kappa shape index (κ2) is 4.37. The van der Waals surface area contributed by atoms with Gasteiger partial charge in [-0.3, -0.25) is 0 Å². The third-order valence-electron chi connectivity index (χ3n) is 2.20. The lowest BCUT2D eigenvalue weighted by Crippen LogP contribution is -2.11. The van der Waals surface area contributed by atoms with Crippen LogP contribution >= 0.6 is 27.5 Å². The predicted molar refractivity (Wildman–Crippen MR) is 62.0 cm³/mol. The first-order valence-corrected chi connectivity index (χ1v) is 5.54. The van der Waals surface area contributed by atoms with Gasteiger partial charge < -0.3 is 5.32 Å². The SMILES string of the molecule is Clc1cc(Br)ccc1C1C=CN[C]C1. The summed E-state index contributed by atoms with van der Waals surface area (Å²) in [4.78, 5) is 0. The number of rotatable bonds is 1. The van der Waals surface area contributed by atoms with Crippen molar-refractivity contribution in [3.05, 3.63) is 52.1 Å². The zero-order chi connectivity index (χ0) is 9.97. The molecule has 1 atom stereocenters. The van der Waals surface area contributed by atoms with E-state index in [-0.39, 0.29) is 0 Å². The van der Waals surface area contributed by atoms with Gasteiger partial charge in [0.2, 0.25) is 0 Å². The highest BCUT2D eigenvalue weighted by Crippen LogP contribution is 2.31. The highest BCUT2D eigenvalue weighted by Gasteiger charge is 2.14. The van der Waals surface area contributed by atoms with Gasteiger partial charge in [-0.15, -0.1) is 0 Å². The summed E-state index contributed by atoms with van der Waals surface area (Å²) in [5.41, 5.74) is 1.15. The Hall–Kier alpha value is -0.470. The summed E-state index contributed by atoms with van der Waals surface area (Å²) in [6.07, 6.45) is 4.86. The fraction of sp³-hybridized carbons (Fsp3) is 0.182. The first-order valence-electron chi connectivity index (χ1n) is 4.37. The molecule has 0 bridgehead atoms. The van der Waals surface area contributed by atoms with E-state index < -0.39 is 0 Å². The third-order valence-corrected chi connectivity index (χ3v) is 3.02. The summed E-state index contributed by atoms with van der Waals surface area (Å²) in [6.45, 7) is 3.07. The molecule has 0 amide bonds. The minimum atomic E-state index is 0.344. The van der Waals surface area contributed by atoms with Crippen LogP contribution in [-0.4, -0.2) is 0 Å². The summed E-state index contributed by atoms with van der Waals surface area (Å²) in [5, 5.41) is 3.74. The van der Waals surface area contributed by atoms with Gasteiger partial charge in [-0.05, 0) is 30.3 Å². The van der Waals surface area contributed by atoms with E-state index in [4.69, 9.17) is 11.6 Å². The van der Waals surface area contributed by atoms with Crippen molar-refractivity contribution in [2.24, 2.45) is 0 Å². The van der Waals surface area contributed by atoms with Crippen LogP contribution in [0.2, 0.25) is 5.02 Å². The maximum Gasteiger partial charge on any atom is 0.0885 e. The van der Waals surface area contributed by atoms with Crippen molar-refractivity contribution < 1.29 is 0 Å². The first kappa shape index (κ1) is 10.1. The van der Waals surface area contributed by atoms with Crippen LogP contribution < -0.4 is 5.32 Å². The largest absolute Gasteiger partial charge is 0.381 e. The molecule has 0 saturated heterocycles. The van der Waals surface area contributed by atoms with Crippen LogP contribution in [0.15, 0.2) is 34.9 Å². The predicted octanol–water partition coefficient (Wildman–Crippen LogP) is 3.73. The van der Waals surface area contributed by atoms with E-state index in [9.17, 15) is 0 Å². The van der Waals surface area contributed by atoms with Crippen molar-refractivity contribution in [3.8, 4) is 0 Å². The van der Waals surface area contributed by atoms with Crippen LogP contribution in [0.4, 0.5) is 0 Å². The van der Waals surface area contributed by atoms with Crippen molar-refractivity contribution in [1.82, 2.24) is 5.32 Å². The Morgan fingerprint density at radius 2 is 2.36 bits per heavy atom. The standard InChI is InChI=1S/C11H9BrClN/c12-9-1-2-10(11(13)7-9)8-3-5-14-6-4-8/h1-3,5,7-8,14H,4H2.